The summed E-state index contributed by atoms with van der Waals surface area (Å²) in [5, 5.41) is 3.09. The molecule has 38 heavy (non-hydrogen) atoms. The van der Waals surface area contributed by atoms with Gasteiger partial charge in [-0.2, -0.15) is 0 Å². The number of hydrogen-bond acceptors (Lipinski definition) is 5. The lowest BCUT2D eigenvalue weighted by atomic mass is 9.72. The van der Waals surface area contributed by atoms with E-state index in [0.29, 0.717) is 25.4 Å². The number of amides is 2. The van der Waals surface area contributed by atoms with E-state index in [1.54, 1.807) is 6.20 Å². The van der Waals surface area contributed by atoms with Crippen LogP contribution in [0, 0.1) is 5.41 Å². The topological polar surface area (TPSA) is 84.7 Å². The fourth-order valence-corrected chi connectivity index (χ4v) is 6.78. The number of aromatic nitrogens is 1. The van der Waals surface area contributed by atoms with Crippen LogP contribution in [0.5, 0.6) is 0 Å². The summed E-state index contributed by atoms with van der Waals surface area (Å²) in [4.78, 5) is 32.7. The lowest BCUT2D eigenvalue weighted by Crippen LogP contribution is -2.50. The Kier molecular flexibility index (Phi) is 6.56. The van der Waals surface area contributed by atoms with Gasteiger partial charge < -0.3 is 19.4 Å². The van der Waals surface area contributed by atoms with Crippen molar-refractivity contribution in [1.82, 2.24) is 9.88 Å². The summed E-state index contributed by atoms with van der Waals surface area (Å²) in [7, 11) is 0. The number of nitrogens with one attached hydrogen (secondary N) is 1. The van der Waals surface area contributed by atoms with Gasteiger partial charge in [0.15, 0.2) is 12.2 Å². The summed E-state index contributed by atoms with van der Waals surface area (Å²) in [5.74, 6) is 1.13. The number of hydrogen-bond donors (Lipinski definition) is 1. The summed E-state index contributed by atoms with van der Waals surface area (Å²) in [5.41, 5.74) is 4.01. The number of likely N-dealkylation sites (tertiary alicyclic amines) is 1. The van der Waals surface area contributed by atoms with Crippen molar-refractivity contribution in [3.8, 4) is 11.3 Å². The summed E-state index contributed by atoms with van der Waals surface area (Å²) in [6.45, 7) is 4.99. The SMILES string of the molecule is CC1(C(=O)N2CCC3(CC2)CC(CC(=O)Nc2cccc(-c4cnco4)c2)c2ccccc23)CCOCC1. The van der Waals surface area contributed by atoms with Gasteiger partial charge in [0.25, 0.3) is 0 Å². The van der Waals surface area contributed by atoms with Crippen molar-refractivity contribution in [3.05, 3.63) is 72.2 Å². The van der Waals surface area contributed by atoms with Crippen LogP contribution in [0.1, 0.15) is 62.5 Å². The molecule has 7 heteroatoms. The summed E-state index contributed by atoms with van der Waals surface area (Å²) >= 11 is 0. The van der Waals surface area contributed by atoms with Gasteiger partial charge in [-0.25, -0.2) is 4.98 Å². The third kappa shape index (κ3) is 4.64. The molecule has 2 fully saturated rings. The minimum absolute atomic E-state index is 0.0108. The molecule has 1 aromatic heterocycles. The van der Waals surface area contributed by atoms with Crippen molar-refractivity contribution in [2.24, 2.45) is 5.41 Å². The van der Waals surface area contributed by atoms with E-state index in [1.165, 1.54) is 17.5 Å². The van der Waals surface area contributed by atoms with Crippen molar-refractivity contribution >= 4 is 17.5 Å². The van der Waals surface area contributed by atoms with Gasteiger partial charge >= 0.3 is 0 Å². The molecule has 3 aliphatic rings. The highest BCUT2D eigenvalue weighted by Crippen LogP contribution is 2.53. The Hall–Kier alpha value is -3.45. The van der Waals surface area contributed by atoms with Crippen molar-refractivity contribution in [1.29, 1.82) is 0 Å². The number of rotatable bonds is 5. The highest BCUT2D eigenvalue weighted by Gasteiger charge is 2.48. The van der Waals surface area contributed by atoms with Crippen LogP contribution in [-0.4, -0.2) is 48.0 Å². The van der Waals surface area contributed by atoms with E-state index in [1.807, 2.05) is 24.3 Å². The predicted molar refractivity (Wildman–Crippen MR) is 145 cm³/mol. The molecule has 0 bridgehead atoms. The molecule has 198 valence electrons. The number of anilines is 1. The van der Waals surface area contributed by atoms with E-state index in [2.05, 4.69) is 46.4 Å². The zero-order valence-corrected chi connectivity index (χ0v) is 21.9. The van der Waals surface area contributed by atoms with Gasteiger partial charge in [0.2, 0.25) is 11.8 Å². The lowest BCUT2D eigenvalue weighted by molar-refractivity contribution is -0.148. The average Bonchev–Trinajstić information content (AvgIpc) is 3.57. The largest absolute Gasteiger partial charge is 0.444 e. The molecule has 3 aromatic rings. The molecule has 2 aliphatic heterocycles. The maximum atomic E-state index is 13.4. The van der Waals surface area contributed by atoms with E-state index < -0.39 is 0 Å². The van der Waals surface area contributed by atoms with Crippen LogP contribution < -0.4 is 5.32 Å². The minimum Gasteiger partial charge on any atom is -0.444 e. The van der Waals surface area contributed by atoms with Gasteiger partial charge in [0, 0.05) is 44.0 Å². The highest BCUT2D eigenvalue weighted by atomic mass is 16.5. The van der Waals surface area contributed by atoms with Crippen LogP contribution in [0.2, 0.25) is 0 Å². The molecule has 1 aliphatic carbocycles. The van der Waals surface area contributed by atoms with Crippen LogP contribution in [0.25, 0.3) is 11.3 Å². The minimum atomic E-state index is -0.304. The fourth-order valence-electron chi connectivity index (χ4n) is 6.78. The Labute approximate surface area is 223 Å². The van der Waals surface area contributed by atoms with E-state index in [4.69, 9.17) is 9.15 Å². The Balaban J connectivity index is 1.13. The Morgan fingerprint density at radius 1 is 1.05 bits per heavy atom. The van der Waals surface area contributed by atoms with E-state index in [0.717, 1.165) is 56.4 Å². The van der Waals surface area contributed by atoms with Crippen LogP contribution >= 0.6 is 0 Å². The maximum Gasteiger partial charge on any atom is 0.228 e. The first-order valence-electron chi connectivity index (χ1n) is 13.7. The summed E-state index contributed by atoms with van der Waals surface area (Å²) < 4.78 is 10.9. The first kappa shape index (κ1) is 24.9. The van der Waals surface area contributed by atoms with E-state index in [-0.39, 0.29) is 28.6 Å². The van der Waals surface area contributed by atoms with Crippen LogP contribution in [0.15, 0.2) is 65.5 Å². The molecular formula is C31H35N3O4. The summed E-state index contributed by atoms with van der Waals surface area (Å²) in [6.07, 6.45) is 7.94. The first-order chi connectivity index (χ1) is 18.5. The van der Waals surface area contributed by atoms with Gasteiger partial charge in [-0.05, 0) is 66.7 Å². The van der Waals surface area contributed by atoms with E-state index >= 15 is 0 Å². The van der Waals surface area contributed by atoms with Crippen molar-refractivity contribution in [2.75, 3.05) is 31.6 Å². The molecule has 1 unspecified atom stereocenters. The first-order valence-corrected chi connectivity index (χ1v) is 13.7. The Morgan fingerprint density at radius 3 is 2.61 bits per heavy atom. The molecular weight excluding hydrogens is 478 g/mol. The number of nitrogens with zero attached hydrogens (tertiary/aromatic N) is 2. The standard InChI is InChI=1S/C31H35N3O4/c1-30(11-15-37-16-12-30)29(36)34-13-9-31(10-14-34)19-23(25-7-2-3-8-26(25)31)18-28(35)33-24-6-4-5-22(17-24)27-20-32-21-38-27/h2-8,17,20-21,23H,9-16,18-19H2,1H3,(H,33,35). The Morgan fingerprint density at radius 2 is 1.84 bits per heavy atom. The number of carbonyl (C=O) groups excluding carboxylic acids is 2. The molecule has 2 saturated heterocycles. The molecule has 1 spiro atoms. The number of ether oxygens (including phenoxy) is 1. The second kappa shape index (κ2) is 10.0. The second-order valence-corrected chi connectivity index (χ2v) is 11.4. The highest BCUT2D eigenvalue weighted by molar-refractivity contribution is 5.92. The number of piperidine rings is 1. The molecule has 3 heterocycles. The van der Waals surface area contributed by atoms with Crippen LogP contribution in [0.4, 0.5) is 5.69 Å². The molecule has 2 aromatic carbocycles. The van der Waals surface area contributed by atoms with Crippen LogP contribution in [0.3, 0.4) is 0 Å². The van der Waals surface area contributed by atoms with Gasteiger partial charge in [0.1, 0.15) is 0 Å². The third-order valence-corrected chi connectivity index (χ3v) is 9.02. The molecule has 0 saturated carbocycles. The molecule has 7 nitrogen and oxygen atoms in total. The molecule has 1 N–H and O–H groups in total. The number of benzene rings is 2. The molecule has 1 atom stereocenters. The van der Waals surface area contributed by atoms with E-state index in [9.17, 15) is 9.59 Å². The number of oxazole rings is 1. The predicted octanol–water partition coefficient (Wildman–Crippen LogP) is 5.53. The fraction of sp³-hybridized carbons (Fsp3) is 0.452. The van der Waals surface area contributed by atoms with Crippen LogP contribution in [-0.2, 0) is 19.7 Å². The Bertz CT molecular complexity index is 1300. The van der Waals surface area contributed by atoms with Crippen molar-refractivity contribution in [3.63, 3.8) is 0 Å². The number of fused-ring (bicyclic) bond motifs is 2. The third-order valence-electron chi connectivity index (χ3n) is 9.02. The van der Waals surface area contributed by atoms with Crippen molar-refractivity contribution < 1.29 is 18.7 Å². The zero-order chi connectivity index (χ0) is 26.2. The number of carbonyl (C=O) groups is 2. The van der Waals surface area contributed by atoms with Gasteiger partial charge in [-0.15, -0.1) is 0 Å². The monoisotopic (exact) mass is 513 g/mol. The smallest absolute Gasteiger partial charge is 0.228 e. The normalized spacial score (nSPS) is 21.7. The molecule has 0 radical (unpaired) electrons. The lowest BCUT2D eigenvalue weighted by Gasteiger charge is -2.44. The van der Waals surface area contributed by atoms with Gasteiger partial charge in [-0.1, -0.05) is 43.3 Å². The average molecular weight is 514 g/mol. The van der Waals surface area contributed by atoms with Crippen molar-refractivity contribution in [2.45, 2.75) is 56.8 Å². The molecule has 6 rings (SSSR count). The molecule has 2 amide bonds. The zero-order valence-electron chi connectivity index (χ0n) is 21.9. The second-order valence-electron chi connectivity index (χ2n) is 11.4. The maximum absolute atomic E-state index is 13.4. The quantitative estimate of drug-likeness (QED) is 0.485. The summed E-state index contributed by atoms with van der Waals surface area (Å²) in [6, 6.07) is 16.3. The van der Waals surface area contributed by atoms with Gasteiger partial charge in [0.05, 0.1) is 11.6 Å². The van der Waals surface area contributed by atoms with Gasteiger partial charge in [-0.3, -0.25) is 9.59 Å².